The van der Waals surface area contributed by atoms with Gasteiger partial charge in [0.2, 0.25) is 17.7 Å². The van der Waals surface area contributed by atoms with Crippen molar-refractivity contribution in [1.82, 2.24) is 9.80 Å². The summed E-state index contributed by atoms with van der Waals surface area (Å²) in [6.07, 6.45) is 4.11. The van der Waals surface area contributed by atoms with Crippen LogP contribution in [0.1, 0.15) is 59.3 Å². The maximum Gasteiger partial charge on any atom is 0.246 e. The Kier molecular flexibility index (Phi) is 14.0. The predicted octanol–water partition coefficient (Wildman–Crippen LogP) is 1.64. The van der Waals surface area contributed by atoms with Gasteiger partial charge in [-0.3, -0.25) is 14.4 Å². The topological polar surface area (TPSA) is 113 Å². The molecular formula is C21H41N3O5S. The van der Waals surface area contributed by atoms with Crippen LogP contribution in [-0.4, -0.2) is 89.6 Å². The van der Waals surface area contributed by atoms with Gasteiger partial charge < -0.3 is 25.4 Å². The highest BCUT2D eigenvalue weighted by Crippen LogP contribution is 2.19. The predicted molar refractivity (Wildman–Crippen MR) is 121 cm³/mol. The Hall–Kier alpha value is -1.32. The second-order valence-electron chi connectivity index (χ2n) is 8.28. The zero-order valence-electron chi connectivity index (χ0n) is 19.5. The van der Waals surface area contributed by atoms with Crippen LogP contribution in [0.5, 0.6) is 0 Å². The third kappa shape index (κ3) is 11.2. The number of unbranched alkanes of at least 4 members (excludes halogenated alkanes) is 2. The van der Waals surface area contributed by atoms with Crippen molar-refractivity contribution in [3.8, 4) is 0 Å². The first kappa shape index (κ1) is 28.7. The van der Waals surface area contributed by atoms with E-state index in [-0.39, 0.29) is 18.2 Å². The molecule has 0 unspecified atom stereocenters. The van der Waals surface area contributed by atoms with Gasteiger partial charge in [-0.2, -0.15) is 11.8 Å². The average Bonchev–Trinajstić information content (AvgIpc) is 2.66. The second-order valence-corrected chi connectivity index (χ2v) is 9.43. The van der Waals surface area contributed by atoms with Crippen molar-refractivity contribution in [1.29, 1.82) is 0 Å². The fraction of sp³-hybridized carbons (Fsp3) is 0.857. The first-order valence-electron chi connectivity index (χ1n) is 10.6. The zero-order chi connectivity index (χ0) is 23.3. The number of methoxy groups -OCH3 is 1. The third-order valence-corrected chi connectivity index (χ3v) is 5.99. The molecule has 0 aliphatic heterocycles. The molecule has 3 amide bonds. The van der Waals surface area contributed by atoms with E-state index in [9.17, 15) is 19.5 Å². The van der Waals surface area contributed by atoms with Gasteiger partial charge in [-0.1, -0.05) is 13.3 Å². The van der Waals surface area contributed by atoms with Crippen LogP contribution in [0.15, 0.2) is 0 Å². The minimum atomic E-state index is -1.16. The molecule has 0 heterocycles. The molecule has 0 radical (unpaired) electrons. The number of hydrogen-bond acceptors (Lipinski definition) is 6. The third-order valence-electron chi connectivity index (χ3n) is 4.86. The fourth-order valence-electron chi connectivity index (χ4n) is 3.03. The van der Waals surface area contributed by atoms with Gasteiger partial charge in [0.25, 0.3) is 0 Å². The van der Waals surface area contributed by atoms with Gasteiger partial charge in [0.1, 0.15) is 12.1 Å². The molecule has 0 rings (SSSR count). The van der Waals surface area contributed by atoms with E-state index in [0.29, 0.717) is 18.6 Å². The molecule has 0 bridgehead atoms. The molecule has 8 nitrogen and oxygen atoms in total. The number of carbonyl (C=O) groups excluding carboxylic acids is 3. The molecule has 176 valence electrons. The molecule has 0 fully saturated rings. The molecule has 0 saturated carbocycles. The van der Waals surface area contributed by atoms with Crippen LogP contribution in [0.2, 0.25) is 0 Å². The number of nitrogens with two attached hydrogens (primary N) is 1. The summed E-state index contributed by atoms with van der Waals surface area (Å²) < 4.78 is 5.04. The summed E-state index contributed by atoms with van der Waals surface area (Å²) >= 11 is 1.61. The maximum atomic E-state index is 13.2. The molecule has 2 atom stereocenters. The fourth-order valence-corrected chi connectivity index (χ4v) is 4.19. The van der Waals surface area contributed by atoms with Crippen molar-refractivity contribution in [2.75, 3.05) is 39.3 Å². The highest BCUT2D eigenvalue weighted by molar-refractivity contribution is 7.99. The Morgan fingerprint density at radius 2 is 1.73 bits per heavy atom. The Morgan fingerprint density at radius 1 is 1.10 bits per heavy atom. The van der Waals surface area contributed by atoms with Gasteiger partial charge in [-0.05, 0) is 38.9 Å². The number of amides is 3. The van der Waals surface area contributed by atoms with Crippen LogP contribution < -0.4 is 5.73 Å². The number of hydrogen-bond donors (Lipinski definition) is 2. The van der Waals surface area contributed by atoms with Crippen LogP contribution in [0.25, 0.3) is 0 Å². The molecule has 0 aromatic heterocycles. The largest absolute Gasteiger partial charge is 0.390 e. The lowest BCUT2D eigenvalue weighted by molar-refractivity contribution is -0.147. The Morgan fingerprint density at radius 3 is 2.23 bits per heavy atom. The van der Waals surface area contributed by atoms with E-state index >= 15 is 0 Å². The SMILES string of the molecule is CCCC(=O)N(C)[C@H](CSCCCCCOC)C(=O)N(C)[C@@H](CC(C)(C)O)C(N)=O. The smallest absolute Gasteiger partial charge is 0.246 e. The van der Waals surface area contributed by atoms with Crippen LogP contribution in [-0.2, 0) is 19.1 Å². The van der Waals surface area contributed by atoms with Crippen LogP contribution in [0, 0.1) is 0 Å². The highest BCUT2D eigenvalue weighted by atomic mass is 32.2. The lowest BCUT2D eigenvalue weighted by Gasteiger charge is -2.35. The number of thioether (sulfide) groups is 1. The second kappa shape index (κ2) is 14.6. The zero-order valence-corrected chi connectivity index (χ0v) is 20.3. The molecule has 9 heteroatoms. The van der Waals surface area contributed by atoms with E-state index in [0.717, 1.165) is 31.6 Å². The van der Waals surface area contributed by atoms with Gasteiger partial charge in [0.15, 0.2) is 0 Å². The number of nitrogens with zero attached hydrogens (tertiary/aromatic N) is 2. The molecule has 0 aliphatic carbocycles. The van der Waals surface area contributed by atoms with E-state index in [1.807, 2.05) is 6.92 Å². The summed E-state index contributed by atoms with van der Waals surface area (Å²) in [5, 5.41) is 10.1. The average molecular weight is 448 g/mol. The number of primary amides is 1. The molecule has 0 aromatic carbocycles. The molecule has 30 heavy (non-hydrogen) atoms. The van der Waals surface area contributed by atoms with Gasteiger partial charge >= 0.3 is 0 Å². The lowest BCUT2D eigenvalue weighted by Crippen LogP contribution is -2.56. The van der Waals surface area contributed by atoms with Gasteiger partial charge in [-0.25, -0.2) is 0 Å². The summed E-state index contributed by atoms with van der Waals surface area (Å²) in [6.45, 7) is 5.78. The van der Waals surface area contributed by atoms with Crippen molar-refractivity contribution in [3.63, 3.8) is 0 Å². The number of rotatable bonds is 16. The van der Waals surface area contributed by atoms with Crippen LogP contribution in [0.3, 0.4) is 0 Å². The van der Waals surface area contributed by atoms with Crippen molar-refractivity contribution in [2.24, 2.45) is 5.73 Å². The minimum Gasteiger partial charge on any atom is -0.390 e. The van der Waals surface area contributed by atoms with Gasteiger partial charge in [0, 0.05) is 46.4 Å². The van der Waals surface area contributed by atoms with Gasteiger partial charge in [0.05, 0.1) is 5.60 Å². The standard InChI is InChI=1S/C21H41N3O5S/c1-7-11-18(25)23(4)17(15-30-13-10-8-9-12-29-6)20(27)24(5)16(19(22)26)14-21(2,3)28/h16-17,28H,7-15H2,1-6H3,(H2,22,26)/t16-,17+/m0/s1. The van der Waals surface area contributed by atoms with Crippen molar-refractivity contribution in [3.05, 3.63) is 0 Å². The Balaban J connectivity index is 5.23. The maximum absolute atomic E-state index is 13.2. The molecule has 0 saturated heterocycles. The first-order valence-corrected chi connectivity index (χ1v) is 11.7. The van der Waals surface area contributed by atoms with Crippen LogP contribution in [0.4, 0.5) is 0 Å². The molecule has 0 spiro atoms. The Bertz CT molecular complexity index is 539. The lowest BCUT2D eigenvalue weighted by atomic mass is 9.97. The summed E-state index contributed by atoms with van der Waals surface area (Å²) in [7, 11) is 4.81. The van der Waals surface area contributed by atoms with Crippen molar-refractivity contribution in [2.45, 2.75) is 77.0 Å². The first-order chi connectivity index (χ1) is 14.0. The summed E-state index contributed by atoms with van der Waals surface area (Å²) in [4.78, 5) is 40.4. The number of ether oxygens (including phenoxy) is 1. The summed E-state index contributed by atoms with van der Waals surface area (Å²) in [6, 6.07) is -1.64. The highest BCUT2D eigenvalue weighted by Gasteiger charge is 2.36. The normalized spacial score (nSPS) is 13.6. The number of aliphatic hydroxyl groups is 1. The van der Waals surface area contributed by atoms with E-state index in [1.165, 1.54) is 16.8 Å². The van der Waals surface area contributed by atoms with E-state index < -0.39 is 23.6 Å². The summed E-state index contributed by atoms with van der Waals surface area (Å²) in [5.41, 5.74) is 4.34. The minimum absolute atomic E-state index is 0.0244. The van der Waals surface area contributed by atoms with E-state index in [1.54, 1.807) is 39.8 Å². The van der Waals surface area contributed by atoms with Crippen molar-refractivity contribution >= 4 is 29.5 Å². The van der Waals surface area contributed by atoms with E-state index in [2.05, 4.69) is 0 Å². The molecule has 0 aliphatic rings. The van der Waals surface area contributed by atoms with E-state index in [4.69, 9.17) is 10.5 Å². The van der Waals surface area contributed by atoms with Gasteiger partial charge in [-0.15, -0.1) is 0 Å². The number of carbonyl (C=O) groups is 3. The molecule has 0 aromatic rings. The monoisotopic (exact) mass is 447 g/mol. The molecular weight excluding hydrogens is 406 g/mol. The quantitative estimate of drug-likeness (QED) is 0.348. The Labute approximate surface area is 185 Å². The van der Waals surface area contributed by atoms with Crippen molar-refractivity contribution < 1.29 is 24.2 Å². The molecule has 3 N–H and O–H groups in total. The van der Waals surface area contributed by atoms with Crippen LogP contribution >= 0.6 is 11.8 Å². The summed E-state index contributed by atoms with van der Waals surface area (Å²) in [5.74, 6) is 0.175. The number of likely N-dealkylation sites (N-methyl/N-ethyl adjacent to an activating group) is 2.